The van der Waals surface area contributed by atoms with Gasteiger partial charge >= 0.3 is 0 Å². The van der Waals surface area contributed by atoms with Gasteiger partial charge < -0.3 is 90.4 Å². The number of ketones is 1. The summed E-state index contributed by atoms with van der Waals surface area (Å²) in [5.41, 5.74) is 20.5. The SMILES string of the molecule is CC(C)CC(CC(=O)[C@H](Cc1cnc[nH]1)NC(=O)CNC(=O)[C@@H](NC(=O)[C@H](C)NC(=O)[C@H](Cc1c[nH]c2ccccc12)NC(=O)[C@H](CCC(N)=O)NC(=O)[C@@H](Cc1ccccc1)NC(=O)COCC(=O)Nc1ccc(CNC(=O)C(CNCCN)CNCCN)cc1)C(C)C)CC(C)C. The number of nitrogens with one attached hydrogen (secondary N) is 13. The van der Waals surface area contributed by atoms with Gasteiger partial charge in [0.1, 0.15) is 43.4 Å². The topological polar surface area (TPSA) is 452 Å². The Bertz CT molecular complexity index is 3380. The number of carbonyl (C=O) groups excluding carboxylic acids is 11. The van der Waals surface area contributed by atoms with E-state index in [2.05, 4.69) is 101 Å². The number of Topliss-reactive ketones (excluding diaryl/α,β-unsaturated/α-hetero) is 1. The second-order valence-electron chi connectivity index (χ2n) is 26.0. The molecule has 29 heteroatoms. The van der Waals surface area contributed by atoms with Crippen LogP contribution in [-0.4, -0.2) is 175 Å². The second-order valence-corrected chi connectivity index (χ2v) is 26.0. The molecule has 3 aromatic carbocycles. The van der Waals surface area contributed by atoms with Gasteiger partial charge in [0.15, 0.2) is 5.78 Å². The Balaban J connectivity index is 1.23. The number of H-pyrrole nitrogens is 2. The first-order valence-corrected chi connectivity index (χ1v) is 33.8. The number of fused-ring (bicyclic) bond motifs is 1. The maximum atomic E-state index is 14.6. The molecule has 0 aliphatic rings. The lowest BCUT2D eigenvalue weighted by molar-refractivity contribution is -0.136. The van der Waals surface area contributed by atoms with Crippen LogP contribution in [0.1, 0.15) is 103 Å². The first kappa shape index (κ1) is 80.3. The van der Waals surface area contributed by atoms with Crippen LogP contribution in [0.2, 0.25) is 0 Å². The number of ether oxygens (including phenoxy) is 1. The lowest BCUT2D eigenvalue weighted by Gasteiger charge is -2.27. The number of anilines is 1. The number of amides is 10. The third-order valence-electron chi connectivity index (χ3n) is 16.2. The normalized spacial score (nSPS) is 13.2. The summed E-state index contributed by atoms with van der Waals surface area (Å²) in [7, 11) is 0. The smallest absolute Gasteiger partial charge is 0.250 e. The molecule has 19 N–H and O–H groups in total. The van der Waals surface area contributed by atoms with E-state index >= 15 is 0 Å². The first-order chi connectivity index (χ1) is 47.3. The fourth-order valence-electron chi connectivity index (χ4n) is 11.2. The van der Waals surface area contributed by atoms with Crippen LogP contribution in [0, 0.1) is 29.6 Å². The van der Waals surface area contributed by atoms with E-state index in [1.165, 1.54) is 13.3 Å². The second kappa shape index (κ2) is 42.4. The van der Waals surface area contributed by atoms with E-state index in [1.54, 1.807) is 99.0 Å². The van der Waals surface area contributed by atoms with Crippen molar-refractivity contribution in [3.8, 4) is 0 Å². The van der Waals surface area contributed by atoms with Crippen molar-refractivity contribution in [2.45, 2.75) is 143 Å². The molecule has 29 nitrogen and oxygen atoms in total. The Hall–Kier alpha value is -9.42. The average molecular weight is 1370 g/mol. The predicted molar refractivity (Wildman–Crippen MR) is 375 cm³/mol. The molecule has 0 radical (unpaired) electrons. The number of nitrogens with two attached hydrogens (primary N) is 3. The molecule has 0 spiro atoms. The monoisotopic (exact) mass is 1370 g/mol. The Kier molecular flexibility index (Phi) is 34.4. The number of imidazole rings is 1. The van der Waals surface area contributed by atoms with Crippen molar-refractivity contribution < 1.29 is 57.5 Å². The molecule has 0 bridgehead atoms. The lowest BCUT2D eigenvalue weighted by Crippen LogP contribution is -2.60. The summed E-state index contributed by atoms with van der Waals surface area (Å²) in [4.78, 5) is 161. The summed E-state index contributed by atoms with van der Waals surface area (Å²) < 4.78 is 5.46. The number of hydrogen-bond donors (Lipinski definition) is 16. The van der Waals surface area contributed by atoms with Gasteiger partial charge in [-0.3, -0.25) is 52.7 Å². The Morgan fingerprint density at radius 3 is 1.80 bits per heavy atom. The van der Waals surface area contributed by atoms with Crippen LogP contribution >= 0.6 is 0 Å². The summed E-state index contributed by atoms with van der Waals surface area (Å²) >= 11 is 0. The highest BCUT2D eigenvalue weighted by Gasteiger charge is 2.34. The van der Waals surface area contributed by atoms with Crippen LogP contribution in [0.4, 0.5) is 5.69 Å². The average Bonchev–Trinajstić information content (AvgIpc) is 1.78. The molecule has 99 heavy (non-hydrogen) atoms. The van der Waals surface area contributed by atoms with Crippen molar-refractivity contribution in [3.63, 3.8) is 0 Å². The zero-order chi connectivity index (χ0) is 72.4. The molecule has 0 aliphatic carbocycles. The lowest BCUT2D eigenvalue weighted by atomic mass is 9.84. The van der Waals surface area contributed by atoms with Gasteiger partial charge in [-0.2, -0.15) is 0 Å². The number of para-hydroxylation sites is 1. The third-order valence-corrected chi connectivity index (χ3v) is 16.2. The molecule has 0 saturated heterocycles. The minimum absolute atomic E-state index is 0.0880. The van der Waals surface area contributed by atoms with Crippen LogP contribution in [0.15, 0.2) is 97.6 Å². The van der Waals surface area contributed by atoms with E-state index in [4.69, 9.17) is 21.9 Å². The summed E-state index contributed by atoms with van der Waals surface area (Å²) in [5, 5.41) is 31.3. The molecule has 540 valence electrons. The van der Waals surface area contributed by atoms with Crippen LogP contribution in [-0.2, 0) is 83.3 Å². The molecule has 10 amide bonds. The van der Waals surface area contributed by atoms with Crippen molar-refractivity contribution in [1.29, 1.82) is 0 Å². The van der Waals surface area contributed by atoms with Crippen LogP contribution in [0.5, 0.6) is 0 Å². The van der Waals surface area contributed by atoms with Gasteiger partial charge in [0.05, 0.1) is 24.8 Å². The van der Waals surface area contributed by atoms with Gasteiger partial charge in [0, 0.05) is 113 Å². The number of aromatic amines is 2. The molecule has 0 fully saturated rings. The Morgan fingerprint density at radius 1 is 0.566 bits per heavy atom. The zero-order valence-corrected chi connectivity index (χ0v) is 57.9. The standard InChI is InChI=1S/C70H103N17O12/c1-42(2)27-48(28-43(3)4)30-59(88)56(32-52-37-76-41-80-52)83-61(90)38-79-70(98)64(44(5)6)87-65(93)45(7)81-68(96)58(31-49-36-77-54-16-12-11-15-53(49)54)86-67(95)55(21-22-60(73)89)85-69(97)57(29-46-13-9-8-10-14-46)84-63(92)40-99-39-62(91)82-51-19-17-47(18-20-51)33-78-66(94)50(34-74-25-23-71)35-75-26-24-72/h8-20,36-37,41-45,48,50,55-58,64,74-75,77H,21-35,38-40,71-72H2,1-7H3,(H2,73,89)(H,76,80)(H,78,94)(H,79,98)(H,81,96)(H,82,91)(H,83,90)(H,84,92)(H,85,97)(H,86,95)(H,87,93)/t45-,55-,56-,57+,58-,64-/m0/s1. The van der Waals surface area contributed by atoms with Gasteiger partial charge in [-0.15, -0.1) is 0 Å². The van der Waals surface area contributed by atoms with E-state index in [1.807, 2.05) is 6.07 Å². The number of carbonyl (C=O) groups is 11. The minimum Gasteiger partial charge on any atom is -0.370 e. The molecule has 2 heterocycles. The maximum absolute atomic E-state index is 14.6. The number of primary amides is 1. The molecule has 6 atom stereocenters. The first-order valence-electron chi connectivity index (χ1n) is 33.8. The fraction of sp³-hybridized carbons (Fsp3) is 0.514. The molecular weight excluding hydrogens is 1270 g/mol. The van der Waals surface area contributed by atoms with Crippen LogP contribution in [0.25, 0.3) is 10.9 Å². The van der Waals surface area contributed by atoms with Gasteiger partial charge in [-0.25, -0.2) is 4.98 Å². The van der Waals surface area contributed by atoms with Crippen molar-refractivity contribution in [2.24, 2.45) is 46.8 Å². The van der Waals surface area contributed by atoms with Gasteiger partial charge in [0.2, 0.25) is 59.1 Å². The van der Waals surface area contributed by atoms with Gasteiger partial charge in [-0.05, 0) is 84.7 Å². The summed E-state index contributed by atoms with van der Waals surface area (Å²) in [6.45, 7) is 14.5. The molecule has 0 aliphatic heterocycles. The van der Waals surface area contributed by atoms with Crippen LogP contribution in [0.3, 0.4) is 0 Å². The van der Waals surface area contributed by atoms with Crippen molar-refractivity contribution in [1.82, 2.24) is 68.1 Å². The summed E-state index contributed by atoms with van der Waals surface area (Å²) in [6.07, 6.45) is 5.81. The van der Waals surface area contributed by atoms with Crippen molar-refractivity contribution >= 4 is 81.4 Å². The van der Waals surface area contributed by atoms with Crippen LogP contribution < -0.4 is 75.7 Å². The van der Waals surface area contributed by atoms with E-state index < -0.39 is 122 Å². The number of nitrogens with zero attached hydrogens (tertiary/aromatic N) is 1. The van der Waals surface area contributed by atoms with E-state index in [0.29, 0.717) is 79.0 Å². The van der Waals surface area contributed by atoms with Gasteiger partial charge in [-0.1, -0.05) is 102 Å². The highest BCUT2D eigenvalue weighted by molar-refractivity contribution is 5.98. The van der Waals surface area contributed by atoms with Crippen molar-refractivity contribution in [3.05, 3.63) is 120 Å². The number of aromatic nitrogens is 3. The molecule has 0 saturated carbocycles. The predicted octanol–water partition coefficient (Wildman–Crippen LogP) is 0.537. The quantitative estimate of drug-likeness (QED) is 0.0236. The van der Waals surface area contributed by atoms with Crippen molar-refractivity contribution in [2.75, 3.05) is 64.3 Å². The summed E-state index contributed by atoms with van der Waals surface area (Å²) in [5.74, 6) is -7.36. The van der Waals surface area contributed by atoms with Gasteiger partial charge in [0.25, 0.3) is 0 Å². The highest BCUT2D eigenvalue weighted by atomic mass is 16.5. The molecular formula is C70H103N17O12. The van der Waals surface area contributed by atoms with E-state index in [9.17, 15) is 52.7 Å². The highest BCUT2D eigenvalue weighted by Crippen LogP contribution is 2.25. The molecule has 5 rings (SSSR count). The number of rotatable bonds is 46. The third kappa shape index (κ3) is 29.3. The fourth-order valence-corrected chi connectivity index (χ4v) is 11.2. The number of benzene rings is 3. The minimum atomic E-state index is -1.53. The zero-order valence-electron chi connectivity index (χ0n) is 57.9. The molecule has 2 aromatic heterocycles. The Labute approximate surface area is 578 Å². The number of hydrogen-bond acceptors (Lipinski definition) is 17. The Morgan fingerprint density at radius 2 is 1.17 bits per heavy atom. The molecule has 0 unspecified atom stereocenters. The van der Waals surface area contributed by atoms with E-state index in [0.717, 1.165) is 23.9 Å². The van der Waals surface area contributed by atoms with E-state index in [-0.39, 0.29) is 62.2 Å². The molecule has 5 aromatic rings. The maximum Gasteiger partial charge on any atom is 0.250 e. The summed E-state index contributed by atoms with van der Waals surface area (Å²) in [6, 6.07) is 14.8. The largest absolute Gasteiger partial charge is 0.370 e.